The molecule has 30 heavy (non-hydrogen) atoms. The Morgan fingerprint density at radius 1 is 0.767 bits per heavy atom. The molecule has 0 radical (unpaired) electrons. The topological polar surface area (TPSA) is 8.81 Å². The number of benzene rings is 1. The second-order valence-corrected chi connectivity index (χ2v) is 9.51. The van der Waals surface area contributed by atoms with Crippen molar-refractivity contribution in [1.82, 2.24) is 4.57 Å². The van der Waals surface area contributed by atoms with Crippen LogP contribution in [0.25, 0.3) is 0 Å². The van der Waals surface area contributed by atoms with Gasteiger partial charge in [0.1, 0.15) is 25.0 Å². The zero-order valence-electron chi connectivity index (χ0n) is 20.1. The SMILES string of the molecule is CCCCCCCCCCCCCC[C@@H](C(C)C)n1cc[n+](Cc2ccccc2)c1. The van der Waals surface area contributed by atoms with Gasteiger partial charge in [-0.3, -0.25) is 0 Å². The fourth-order valence-electron chi connectivity index (χ4n) is 4.52. The summed E-state index contributed by atoms with van der Waals surface area (Å²) < 4.78 is 4.76. The van der Waals surface area contributed by atoms with Gasteiger partial charge in [0, 0.05) is 0 Å². The van der Waals surface area contributed by atoms with Crippen LogP contribution in [0.15, 0.2) is 49.1 Å². The molecule has 0 aliphatic rings. The summed E-state index contributed by atoms with van der Waals surface area (Å²) in [6.45, 7) is 7.99. The van der Waals surface area contributed by atoms with E-state index < -0.39 is 0 Å². The summed E-state index contributed by atoms with van der Waals surface area (Å²) in [5, 5.41) is 0. The van der Waals surface area contributed by atoms with Gasteiger partial charge in [0.05, 0.1) is 0 Å². The number of aromatic nitrogens is 2. The third-order valence-corrected chi connectivity index (χ3v) is 6.43. The second kappa shape index (κ2) is 15.3. The van der Waals surface area contributed by atoms with Crippen molar-refractivity contribution in [2.24, 2.45) is 5.92 Å². The van der Waals surface area contributed by atoms with Crippen molar-refractivity contribution < 1.29 is 4.57 Å². The zero-order chi connectivity index (χ0) is 21.4. The quantitative estimate of drug-likeness (QED) is 0.183. The Labute approximate surface area is 186 Å². The average molecular weight is 412 g/mol. The van der Waals surface area contributed by atoms with E-state index in [1.807, 2.05) is 0 Å². The van der Waals surface area contributed by atoms with Gasteiger partial charge in [-0.15, -0.1) is 0 Å². The van der Waals surface area contributed by atoms with E-state index in [1.54, 1.807) is 0 Å². The molecule has 0 saturated heterocycles. The number of rotatable bonds is 17. The molecule has 1 atom stereocenters. The highest BCUT2D eigenvalue weighted by Gasteiger charge is 2.20. The Morgan fingerprint density at radius 2 is 1.33 bits per heavy atom. The number of hydrogen-bond acceptors (Lipinski definition) is 0. The van der Waals surface area contributed by atoms with Crippen LogP contribution in [0.3, 0.4) is 0 Å². The molecule has 2 nitrogen and oxygen atoms in total. The minimum absolute atomic E-state index is 0.616. The average Bonchev–Trinajstić information content (AvgIpc) is 3.20. The molecule has 0 aliphatic heterocycles. The normalized spacial score (nSPS) is 12.5. The lowest BCUT2D eigenvalue weighted by atomic mass is 9.97. The largest absolute Gasteiger partial charge is 0.244 e. The van der Waals surface area contributed by atoms with Gasteiger partial charge < -0.3 is 0 Å². The van der Waals surface area contributed by atoms with E-state index in [1.165, 1.54) is 89.0 Å². The molecule has 0 spiro atoms. The van der Waals surface area contributed by atoms with Gasteiger partial charge >= 0.3 is 0 Å². The molecule has 1 aromatic carbocycles. The number of imidazole rings is 1. The van der Waals surface area contributed by atoms with Crippen molar-refractivity contribution >= 4 is 0 Å². The molecule has 2 aromatic rings. The molecule has 1 aromatic heterocycles. The van der Waals surface area contributed by atoms with Crippen LogP contribution < -0.4 is 4.57 Å². The third kappa shape index (κ3) is 9.96. The zero-order valence-corrected chi connectivity index (χ0v) is 20.1. The van der Waals surface area contributed by atoms with Gasteiger partial charge in [0.15, 0.2) is 0 Å². The van der Waals surface area contributed by atoms with Gasteiger partial charge in [-0.05, 0) is 24.3 Å². The minimum Gasteiger partial charge on any atom is -0.234 e. The van der Waals surface area contributed by atoms with Crippen LogP contribution in [0.5, 0.6) is 0 Å². The van der Waals surface area contributed by atoms with Gasteiger partial charge in [-0.1, -0.05) is 122 Å². The Bertz CT molecular complexity index is 644. The van der Waals surface area contributed by atoms with Crippen LogP contribution in [0.4, 0.5) is 0 Å². The first kappa shape index (κ1) is 24.7. The highest BCUT2D eigenvalue weighted by atomic mass is 15.1. The van der Waals surface area contributed by atoms with Gasteiger partial charge in [0.2, 0.25) is 6.33 Å². The Kier molecular flexibility index (Phi) is 12.6. The van der Waals surface area contributed by atoms with Crippen molar-refractivity contribution in [2.45, 2.75) is 117 Å². The monoisotopic (exact) mass is 411 g/mol. The first-order valence-corrected chi connectivity index (χ1v) is 12.8. The molecule has 2 heteroatoms. The molecule has 168 valence electrons. The predicted molar refractivity (Wildman–Crippen MR) is 130 cm³/mol. The molecule has 0 bridgehead atoms. The molecule has 0 fully saturated rings. The summed E-state index contributed by atoms with van der Waals surface area (Å²) in [7, 11) is 0. The summed E-state index contributed by atoms with van der Waals surface area (Å²) in [5.41, 5.74) is 1.36. The van der Waals surface area contributed by atoms with Crippen LogP contribution in [-0.2, 0) is 6.54 Å². The van der Waals surface area contributed by atoms with E-state index in [9.17, 15) is 0 Å². The standard InChI is InChI=1S/C28H47N2/c1-4-5-6-7-8-9-10-11-12-13-14-18-21-28(26(2)3)30-23-22-29(25-30)24-27-19-16-15-17-20-27/h15-17,19-20,22-23,25-26,28H,4-14,18,21,24H2,1-3H3/q+1/t28-/m0/s1. The van der Waals surface area contributed by atoms with Crippen LogP contribution in [-0.4, -0.2) is 4.57 Å². The molecular formula is C28H47N2+. The van der Waals surface area contributed by atoms with Crippen molar-refractivity contribution in [1.29, 1.82) is 0 Å². The van der Waals surface area contributed by atoms with Crippen molar-refractivity contribution in [3.8, 4) is 0 Å². The van der Waals surface area contributed by atoms with E-state index in [4.69, 9.17) is 0 Å². The van der Waals surface area contributed by atoms with Gasteiger partial charge in [0.25, 0.3) is 0 Å². The molecular weight excluding hydrogens is 364 g/mol. The van der Waals surface area contributed by atoms with Crippen molar-refractivity contribution in [2.75, 3.05) is 0 Å². The summed E-state index contributed by atoms with van der Waals surface area (Å²) in [4.78, 5) is 0. The molecule has 0 amide bonds. The van der Waals surface area contributed by atoms with Gasteiger partial charge in [-0.2, -0.15) is 0 Å². The lowest BCUT2D eigenvalue weighted by Gasteiger charge is -2.17. The molecule has 0 aliphatic carbocycles. The molecule has 2 rings (SSSR count). The fraction of sp³-hybridized carbons (Fsp3) is 0.679. The minimum atomic E-state index is 0.616. The lowest BCUT2D eigenvalue weighted by Crippen LogP contribution is -2.32. The number of unbranched alkanes of at least 4 members (excludes halogenated alkanes) is 11. The summed E-state index contributed by atoms with van der Waals surface area (Å²) >= 11 is 0. The van der Waals surface area contributed by atoms with E-state index in [-0.39, 0.29) is 0 Å². The third-order valence-electron chi connectivity index (χ3n) is 6.43. The Balaban J connectivity index is 1.60. The summed E-state index contributed by atoms with van der Waals surface area (Å²) in [6.07, 6.45) is 25.2. The molecule has 0 unspecified atom stereocenters. The highest BCUT2D eigenvalue weighted by Crippen LogP contribution is 2.24. The van der Waals surface area contributed by atoms with Crippen LogP contribution in [0.2, 0.25) is 0 Å². The Morgan fingerprint density at radius 3 is 1.90 bits per heavy atom. The van der Waals surface area contributed by atoms with Crippen LogP contribution >= 0.6 is 0 Å². The maximum Gasteiger partial charge on any atom is 0.244 e. The van der Waals surface area contributed by atoms with E-state index in [2.05, 4.69) is 79.0 Å². The Hall–Kier alpha value is -1.57. The summed E-state index contributed by atoms with van der Waals surface area (Å²) in [6, 6.07) is 11.4. The van der Waals surface area contributed by atoms with Crippen LogP contribution in [0.1, 0.15) is 116 Å². The van der Waals surface area contributed by atoms with Gasteiger partial charge in [-0.25, -0.2) is 9.13 Å². The van der Waals surface area contributed by atoms with E-state index in [0.717, 1.165) is 6.54 Å². The maximum atomic E-state index is 2.45. The number of hydrogen-bond donors (Lipinski definition) is 0. The second-order valence-electron chi connectivity index (χ2n) is 9.51. The van der Waals surface area contributed by atoms with E-state index in [0.29, 0.717) is 12.0 Å². The molecule has 0 N–H and O–H groups in total. The smallest absolute Gasteiger partial charge is 0.234 e. The van der Waals surface area contributed by atoms with Crippen molar-refractivity contribution in [3.05, 3.63) is 54.6 Å². The molecule has 0 saturated carbocycles. The molecule has 1 heterocycles. The first-order chi connectivity index (χ1) is 14.7. The number of nitrogens with zero attached hydrogens (tertiary/aromatic N) is 2. The maximum absolute atomic E-state index is 2.45. The van der Waals surface area contributed by atoms with Crippen LogP contribution in [0, 0.1) is 5.92 Å². The summed E-state index contributed by atoms with van der Waals surface area (Å²) in [5.74, 6) is 0.676. The first-order valence-electron chi connectivity index (χ1n) is 12.8. The predicted octanol–water partition coefficient (Wildman–Crippen LogP) is 8.11. The van der Waals surface area contributed by atoms with E-state index >= 15 is 0 Å². The van der Waals surface area contributed by atoms with Crippen molar-refractivity contribution in [3.63, 3.8) is 0 Å². The fourth-order valence-corrected chi connectivity index (χ4v) is 4.52. The lowest BCUT2D eigenvalue weighted by molar-refractivity contribution is -0.688. The highest BCUT2D eigenvalue weighted by molar-refractivity contribution is 5.13.